The zero-order valence-electron chi connectivity index (χ0n) is 10.4. The molecule has 2 aromatic rings. The SMILES string of the molecule is CNC(Cc1cn(C)nn1)c1ccncc1C. The molecule has 2 aromatic heterocycles. The Morgan fingerprint density at radius 2 is 2.29 bits per heavy atom. The molecule has 0 radical (unpaired) electrons. The molecule has 90 valence electrons. The van der Waals surface area contributed by atoms with Gasteiger partial charge in [-0.3, -0.25) is 9.67 Å². The highest BCUT2D eigenvalue weighted by molar-refractivity contribution is 5.26. The van der Waals surface area contributed by atoms with Gasteiger partial charge >= 0.3 is 0 Å². The molecule has 0 aliphatic heterocycles. The molecule has 2 heterocycles. The van der Waals surface area contributed by atoms with Crippen molar-refractivity contribution in [2.45, 2.75) is 19.4 Å². The Kier molecular flexibility index (Phi) is 3.49. The summed E-state index contributed by atoms with van der Waals surface area (Å²) in [6, 6.07) is 2.29. The van der Waals surface area contributed by atoms with Crippen LogP contribution in [0.4, 0.5) is 0 Å². The van der Waals surface area contributed by atoms with Crippen LogP contribution < -0.4 is 5.32 Å². The average molecular weight is 231 g/mol. The van der Waals surface area contributed by atoms with Crippen molar-refractivity contribution in [3.8, 4) is 0 Å². The van der Waals surface area contributed by atoms with Crippen molar-refractivity contribution in [3.05, 3.63) is 41.5 Å². The molecule has 1 N–H and O–H groups in total. The molecule has 0 aliphatic rings. The fourth-order valence-corrected chi connectivity index (χ4v) is 1.94. The first-order valence-electron chi connectivity index (χ1n) is 5.63. The van der Waals surface area contributed by atoms with E-state index >= 15 is 0 Å². The largest absolute Gasteiger partial charge is 0.313 e. The van der Waals surface area contributed by atoms with E-state index in [2.05, 4.69) is 27.5 Å². The number of likely N-dealkylation sites (N-methyl/N-ethyl adjacent to an activating group) is 1. The van der Waals surface area contributed by atoms with Gasteiger partial charge in [-0.25, -0.2) is 0 Å². The molecule has 5 heteroatoms. The maximum Gasteiger partial charge on any atom is 0.0845 e. The molecule has 1 atom stereocenters. The highest BCUT2D eigenvalue weighted by Crippen LogP contribution is 2.19. The molecule has 0 amide bonds. The lowest BCUT2D eigenvalue weighted by Gasteiger charge is -2.17. The maximum absolute atomic E-state index is 4.12. The summed E-state index contributed by atoms with van der Waals surface area (Å²) in [5.74, 6) is 0. The minimum Gasteiger partial charge on any atom is -0.313 e. The number of hydrogen-bond donors (Lipinski definition) is 1. The smallest absolute Gasteiger partial charge is 0.0845 e. The van der Waals surface area contributed by atoms with Crippen molar-refractivity contribution in [2.24, 2.45) is 7.05 Å². The van der Waals surface area contributed by atoms with Crippen LogP contribution in [0, 0.1) is 6.92 Å². The van der Waals surface area contributed by atoms with Crippen molar-refractivity contribution in [1.29, 1.82) is 0 Å². The third-order valence-electron chi connectivity index (χ3n) is 2.85. The lowest BCUT2D eigenvalue weighted by Crippen LogP contribution is -2.20. The fraction of sp³-hybridized carbons (Fsp3) is 0.417. The molecule has 0 bridgehead atoms. The molecule has 0 fully saturated rings. The molecule has 0 saturated heterocycles. The Hall–Kier alpha value is -1.75. The first-order chi connectivity index (χ1) is 8.20. The number of hydrogen-bond acceptors (Lipinski definition) is 4. The standard InChI is InChI=1S/C12H17N5/c1-9-7-14-5-4-11(9)12(13-2)6-10-8-17(3)16-15-10/h4-5,7-8,12-13H,6H2,1-3H3. The number of aryl methyl sites for hydroxylation is 2. The number of aromatic nitrogens is 4. The molecule has 0 saturated carbocycles. The van der Waals surface area contributed by atoms with Gasteiger partial charge in [-0.15, -0.1) is 5.10 Å². The monoisotopic (exact) mass is 231 g/mol. The zero-order valence-corrected chi connectivity index (χ0v) is 10.4. The summed E-state index contributed by atoms with van der Waals surface area (Å²) in [6.45, 7) is 2.07. The van der Waals surface area contributed by atoms with E-state index in [1.165, 1.54) is 11.1 Å². The summed E-state index contributed by atoms with van der Waals surface area (Å²) in [5, 5.41) is 11.4. The van der Waals surface area contributed by atoms with Gasteiger partial charge in [-0.05, 0) is 31.2 Å². The molecule has 5 nitrogen and oxygen atoms in total. The van der Waals surface area contributed by atoms with E-state index in [4.69, 9.17) is 0 Å². The first-order valence-corrected chi connectivity index (χ1v) is 5.63. The van der Waals surface area contributed by atoms with Crippen LogP contribution in [0.2, 0.25) is 0 Å². The molecule has 17 heavy (non-hydrogen) atoms. The van der Waals surface area contributed by atoms with Gasteiger partial charge in [0.1, 0.15) is 0 Å². The summed E-state index contributed by atoms with van der Waals surface area (Å²) in [5.41, 5.74) is 3.44. The van der Waals surface area contributed by atoms with Gasteiger partial charge in [-0.1, -0.05) is 5.21 Å². The Balaban J connectivity index is 2.20. The van der Waals surface area contributed by atoms with Gasteiger partial charge in [-0.2, -0.15) is 0 Å². The molecular weight excluding hydrogens is 214 g/mol. The Labute approximate surface area is 101 Å². The first kappa shape index (κ1) is 11.7. The number of nitrogens with one attached hydrogen (secondary N) is 1. The van der Waals surface area contributed by atoms with E-state index in [1.54, 1.807) is 4.68 Å². The van der Waals surface area contributed by atoms with Crippen molar-refractivity contribution >= 4 is 0 Å². The quantitative estimate of drug-likeness (QED) is 0.853. The lowest BCUT2D eigenvalue weighted by atomic mass is 10.00. The van der Waals surface area contributed by atoms with Gasteiger partial charge in [0.15, 0.2) is 0 Å². The van der Waals surface area contributed by atoms with Gasteiger partial charge in [0.25, 0.3) is 0 Å². The molecule has 2 rings (SSSR count). The summed E-state index contributed by atoms with van der Waals surface area (Å²) < 4.78 is 1.72. The van der Waals surface area contributed by atoms with E-state index in [1.807, 2.05) is 38.8 Å². The third-order valence-corrected chi connectivity index (χ3v) is 2.85. The average Bonchev–Trinajstić information content (AvgIpc) is 2.73. The van der Waals surface area contributed by atoms with Crippen LogP contribution in [0.3, 0.4) is 0 Å². The third kappa shape index (κ3) is 2.68. The molecule has 0 aliphatic carbocycles. The molecule has 0 spiro atoms. The van der Waals surface area contributed by atoms with Crippen molar-refractivity contribution in [1.82, 2.24) is 25.3 Å². The molecule has 1 unspecified atom stereocenters. The Morgan fingerprint density at radius 1 is 1.47 bits per heavy atom. The van der Waals surface area contributed by atoms with Crippen molar-refractivity contribution in [3.63, 3.8) is 0 Å². The maximum atomic E-state index is 4.12. The van der Waals surface area contributed by atoms with Crippen LogP contribution in [0.25, 0.3) is 0 Å². The summed E-state index contributed by atoms with van der Waals surface area (Å²) in [4.78, 5) is 4.11. The predicted octanol–water partition coefficient (Wildman–Crippen LogP) is 1.02. The van der Waals surface area contributed by atoms with E-state index in [0.29, 0.717) is 0 Å². The van der Waals surface area contributed by atoms with Crippen molar-refractivity contribution in [2.75, 3.05) is 7.05 Å². The van der Waals surface area contributed by atoms with Gasteiger partial charge < -0.3 is 5.32 Å². The van der Waals surface area contributed by atoms with Crippen LogP contribution in [-0.2, 0) is 13.5 Å². The minimum absolute atomic E-state index is 0.245. The van der Waals surface area contributed by atoms with Gasteiger partial charge in [0.2, 0.25) is 0 Å². The van der Waals surface area contributed by atoms with Crippen LogP contribution in [0.15, 0.2) is 24.7 Å². The molecule has 0 aromatic carbocycles. The van der Waals surface area contributed by atoms with E-state index in [-0.39, 0.29) is 6.04 Å². The Bertz CT molecular complexity index is 491. The van der Waals surface area contributed by atoms with Crippen LogP contribution in [0.1, 0.15) is 22.9 Å². The lowest BCUT2D eigenvalue weighted by molar-refractivity contribution is 0.579. The summed E-state index contributed by atoms with van der Waals surface area (Å²) >= 11 is 0. The number of nitrogens with zero attached hydrogens (tertiary/aromatic N) is 4. The zero-order chi connectivity index (χ0) is 12.3. The Morgan fingerprint density at radius 3 is 2.88 bits per heavy atom. The fourth-order valence-electron chi connectivity index (χ4n) is 1.94. The van der Waals surface area contributed by atoms with E-state index in [0.717, 1.165) is 12.1 Å². The normalized spacial score (nSPS) is 12.6. The topological polar surface area (TPSA) is 55.6 Å². The van der Waals surface area contributed by atoms with Gasteiger partial charge in [0.05, 0.1) is 5.69 Å². The summed E-state index contributed by atoms with van der Waals surface area (Å²) in [6.07, 6.45) is 6.48. The number of rotatable bonds is 4. The highest BCUT2D eigenvalue weighted by atomic mass is 15.4. The van der Waals surface area contributed by atoms with Crippen LogP contribution >= 0.6 is 0 Å². The van der Waals surface area contributed by atoms with Crippen LogP contribution in [0.5, 0.6) is 0 Å². The van der Waals surface area contributed by atoms with Gasteiger partial charge in [0, 0.05) is 38.1 Å². The number of pyridine rings is 1. The highest BCUT2D eigenvalue weighted by Gasteiger charge is 2.14. The van der Waals surface area contributed by atoms with E-state index in [9.17, 15) is 0 Å². The van der Waals surface area contributed by atoms with Crippen LogP contribution in [-0.4, -0.2) is 27.0 Å². The minimum atomic E-state index is 0.245. The summed E-state index contributed by atoms with van der Waals surface area (Å²) in [7, 11) is 3.84. The second kappa shape index (κ2) is 5.05. The van der Waals surface area contributed by atoms with Crippen molar-refractivity contribution < 1.29 is 0 Å². The second-order valence-electron chi connectivity index (χ2n) is 4.16. The van der Waals surface area contributed by atoms with E-state index < -0.39 is 0 Å². The second-order valence-corrected chi connectivity index (χ2v) is 4.16. The predicted molar refractivity (Wildman–Crippen MR) is 65.5 cm³/mol. The molecular formula is C12H17N5.